The van der Waals surface area contributed by atoms with Gasteiger partial charge in [-0.1, -0.05) is 129 Å². The molecule has 2 nitrogen and oxygen atoms in total. The summed E-state index contributed by atoms with van der Waals surface area (Å²) in [4.78, 5) is 2.41. The molecule has 3 heteroatoms. The molecule has 0 radical (unpaired) electrons. The van der Waals surface area contributed by atoms with E-state index in [0.717, 1.165) is 12.8 Å². The minimum absolute atomic E-state index is 0. The first-order chi connectivity index (χ1) is 14.6. The third-order valence-corrected chi connectivity index (χ3v) is 7.74. The van der Waals surface area contributed by atoms with Gasteiger partial charge in [-0.05, 0) is 39.8 Å². The lowest BCUT2D eigenvalue weighted by atomic mass is 9.76. The summed E-state index contributed by atoms with van der Waals surface area (Å²) in [7, 11) is 4.43. The van der Waals surface area contributed by atoms with E-state index in [1.165, 1.54) is 135 Å². The molecule has 1 unspecified atom stereocenters. The summed E-state index contributed by atoms with van der Waals surface area (Å²) in [6, 6.07) is 0. The zero-order valence-corrected chi connectivity index (χ0v) is 23.4. The van der Waals surface area contributed by atoms with Crippen molar-refractivity contribution in [3.8, 4) is 0 Å². The predicted octanol–water partition coefficient (Wildman–Crippen LogP) is 9.23. The molecule has 0 amide bonds. The number of hydrogen-bond acceptors (Lipinski definition) is 2. The second-order valence-corrected chi connectivity index (χ2v) is 10.6. The van der Waals surface area contributed by atoms with E-state index in [4.69, 9.17) is 0 Å². The van der Waals surface area contributed by atoms with E-state index in [1.807, 2.05) is 0 Å². The van der Waals surface area contributed by atoms with E-state index < -0.39 is 0 Å². The first-order valence-electron chi connectivity index (χ1n) is 14.0. The Bertz CT molecular complexity index is 368. The van der Waals surface area contributed by atoms with Crippen molar-refractivity contribution in [3.63, 3.8) is 0 Å². The molecule has 1 atom stereocenters. The highest BCUT2D eigenvalue weighted by molar-refractivity contribution is 8.93. The van der Waals surface area contributed by atoms with Crippen molar-refractivity contribution >= 4 is 17.0 Å². The van der Waals surface area contributed by atoms with E-state index in [2.05, 4.69) is 25.9 Å². The maximum atomic E-state index is 10.6. The van der Waals surface area contributed by atoms with E-state index in [-0.39, 0.29) is 28.6 Å². The van der Waals surface area contributed by atoms with Crippen LogP contribution in [0, 0.1) is 0 Å². The first kappa shape index (κ1) is 31.4. The first-order valence-corrected chi connectivity index (χ1v) is 14.0. The third kappa shape index (κ3) is 15.8. The minimum atomic E-state index is -0.0999. The van der Waals surface area contributed by atoms with Crippen molar-refractivity contribution < 1.29 is 5.11 Å². The van der Waals surface area contributed by atoms with Gasteiger partial charge in [0.05, 0.1) is 6.10 Å². The van der Waals surface area contributed by atoms with Crippen LogP contribution in [-0.4, -0.2) is 35.7 Å². The van der Waals surface area contributed by atoms with Gasteiger partial charge in [0.1, 0.15) is 0 Å². The molecule has 188 valence electrons. The van der Waals surface area contributed by atoms with Crippen molar-refractivity contribution in [2.45, 2.75) is 166 Å². The van der Waals surface area contributed by atoms with Gasteiger partial charge >= 0.3 is 0 Å². The van der Waals surface area contributed by atoms with Gasteiger partial charge in [-0.15, -0.1) is 17.0 Å². The Hall–Kier alpha value is 0.400. The molecule has 0 spiro atoms. The Morgan fingerprint density at radius 3 is 1.42 bits per heavy atom. The Morgan fingerprint density at radius 1 is 0.645 bits per heavy atom. The summed E-state index contributed by atoms with van der Waals surface area (Å²) in [6.45, 7) is 2.30. The van der Waals surface area contributed by atoms with Crippen LogP contribution in [0.15, 0.2) is 0 Å². The van der Waals surface area contributed by atoms with Crippen molar-refractivity contribution in [2.75, 3.05) is 14.1 Å². The van der Waals surface area contributed by atoms with Gasteiger partial charge in [-0.25, -0.2) is 0 Å². The zero-order valence-electron chi connectivity index (χ0n) is 21.6. The predicted molar refractivity (Wildman–Crippen MR) is 145 cm³/mol. The van der Waals surface area contributed by atoms with Crippen molar-refractivity contribution in [2.24, 2.45) is 0 Å². The van der Waals surface area contributed by atoms with Crippen LogP contribution in [0.2, 0.25) is 0 Å². The molecule has 0 aliphatic heterocycles. The largest absolute Gasteiger partial charge is 0.393 e. The Balaban J connectivity index is 0.00000900. The molecule has 1 fully saturated rings. The Morgan fingerprint density at radius 2 is 1.03 bits per heavy atom. The minimum Gasteiger partial charge on any atom is -0.393 e. The number of halogens is 1. The van der Waals surface area contributed by atoms with E-state index in [9.17, 15) is 5.11 Å². The van der Waals surface area contributed by atoms with Crippen LogP contribution in [-0.2, 0) is 0 Å². The fourth-order valence-electron chi connectivity index (χ4n) is 5.51. The fraction of sp³-hybridized carbons (Fsp3) is 1.00. The van der Waals surface area contributed by atoms with Gasteiger partial charge in [0.15, 0.2) is 0 Å². The average molecular weight is 505 g/mol. The summed E-state index contributed by atoms with van der Waals surface area (Å²) >= 11 is 0. The number of rotatable bonds is 20. The van der Waals surface area contributed by atoms with Gasteiger partial charge in [0, 0.05) is 5.54 Å². The van der Waals surface area contributed by atoms with Crippen molar-refractivity contribution in [1.29, 1.82) is 0 Å². The van der Waals surface area contributed by atoms with Crippen LogP contribution < -0.4 is 0 Å². The molecule has 1 N–H and O–H groups in total. The molecule has 1 aliphatic carbocycles. The summed E-state index contributed by atoms with van der Waals surface area (Å²) in [6.07, 6.45) is 31.1. The summed E-state index contributed by atoms with van der Waals surface area (Å²) in [5.74, 6) is 0. The molecular formula is C28H58BrNO. The molecular weight excluding hydrogens is 446 g/mol. The van der Waals surface area contributed by atoms with Gasteiger partial charge in [0.25, 0.3) is 0 Å². The van der Waals surface area contributed by atoms with Gasteiger partial charge < -0.3 is 10.0 Å². The molecule has 0 bridgehead atoms. The topological polar surface area (TPSA) is 23.5 Å². The third-order valence-electron chi connectivity index (χ3n) is 7.74. The van der Waals surface area contributed by atoms with E-state index in [0.29, 0.717) is 0 Å². The highest BCUT2D eigenvalue weighted by atomic mass is 79.9. The average Bonchev–Trinajstić information content (AvgIpc) is 2.74. The molecule has 0 heterocycles. The van der Waals surface area contributed by atoms with Gasteiger partial charge in [-0.2, -0.15) is 0 Å². The SMILES string of the molecule is Br.CCCCCCCCCCCCCCCCCCC(O)CC1(N(C)C)CCCCC1. The second-order valence-electron chi connectivity index (χ2n) is 10.6. The molecule has 0 aromatic heterocycles. The molecule has 1 aliphatic rings. The molecule has 0 aromatic rings. The quantitative estimate of drug-likeness (QED) is 0.167. The lowest BCUT2D eigenvalue weighted by Crippen LogP contribution is -2.48. The number of hydrogen-bond donors (Lipinski definition) is 1. The summed E-state index contributed by atoms with van der Waals surface area (Å²) in [5, 5.41) is 10.6. The fourth-order valence-corrected chi connectivity index (χ4v) is 5.51. The highest BCUT2D eigenvalue weighted by Crippen LogP contribution is 2.36. The van der Waals surface area contributed by atoms with Gasteiger partial charge in [-0.3, -0.25) is 0 Å². The smallest absolute Gasteiger partial charge is 0.0557 e. The van der Waals surface area contributed by atoms with Crippen LogP contribution >= 0.6 is 17.0 Å². The number of nitrogens with zero attached hydrogens (tertiary/aromatic N) is 1. The molecule has 0 saturated heterocycles. The van der Waals surface area contributed by atoms with Crippen LogP contribution in [0.4, 0.5) is 0 Å². The van der Waals surface area contributed by atoms with E-state index >= 15 is 0 Å². The van der Waals surface area contributed by atoms with Crippen LogP contribution in [0.25, 0.3) is 0 Å². The number of unbranched alkanes of at least 4 members (excludes halogenated alkanes) is 15. The molecule has 31 heavy (non-hydrogen) atoms. The second kappa shape index (κ2) is 21.0. The maximum absolute atomic E-state index is 10.6. The summed E-state index contributed by atoms with van der Waals surface area (Å²) < 4.78 is 0. The van der Waals surface area contributed by atoms with Crippen molar-refractivity contribution in [1.82, 2.24) is 4.90 Å². The van der Waals surface area contributed by atoms with Crippen LogP contribution in [0.5, 0.6) is 0 Å². The van der Waals surface area contributed by atoms with Crippen LogP contribution in [0.1, 0.15) is 155 Å². The number of aliphatic hydroxyl groups is 1. The van der Waals surface area contributed by atoms with Gasteiger partial charge in [0.2, 0.25) is 0 Å². The highest BCUT2D eigenvalue weighted by Gasteiger charge is 2.35. The molecule has 1 saturated carbocycles. The van der Waals surface area contributed by atoms with Crippen LogP contribution in [0.3, 0.4) is 0 Å². The standard InChI is InChI=1S/C28H57NO.BrH/c1-4-5-6-7-8-9-10-11-12-13-14-15-16-17-18-20-23-27(30)26-28(29(2)3)24-21-19-22-25-28;/h27,30H,4-26H2,1-3H3;1H. The lowest BCUT2D eigenvalue weighted by Gasteiger charge is -2.44. The van der Waals surface area contributed by atoms with E-state index in [1.54, 1.807) is 0 Å². The molecule has 0 aromatic carbocycles. The normalized spacial score (nSPS) is 16.9. The summed E-state index contributed by atoms with van der Waals surface area (Å²) in [5.41, 5.74) is 0.271. The number of aliphatic hydroxyl groups excluding tert-OH is 1. The zero-order chi connectivity index (χ0) is 21.9. The monoisotopic (exact) mass is 503 g/mol. The Labute approximate surface area is 207 Å². The molecule has 1 rings (SSSR count). The Kier molecular flexibility index (Phi) is 21.2. The lowest BCUT2D eigenvalue weighted by molar-refractivity contribution is 0.0290. The maximum Gasteiger partial charge on any atom is 0.0557 e. The van der Waals surface area contributed by atoms with Crippen molar-refractivity contribution in [3.05, 3.63) is 0 Å².